The molecule has 1 amide bonds. The second kappa shape index (κ2) is 7.26. The van der Waals surface area contributed by atoms with Crippen LogP contribution in [0.4, 0.5) is 10.1 Å². The SMILES string of the molecule is Cc1nc2ncnn2c(C)c1CC(=O)OCC(=O)Nc1cccc(F)c1. The molecular formula is C17H16FN5O3. The fourth-order valence-corrected chi connectivity index (χ4v) is 2.52. The molecule has 0 bridgehead atoms. The third-order valence-electron chi connectivity index (χ3n) is 3.78. The molecule has 3 aromatic rings. The number of benzene rings is 1. The topological polar surface area (TPSA) is 98.5 Å². The summed E-state index contributed by atoms with van der Waals surface area (Å²) < 4.78 is 19.6. The first kappa shape index (κ1) is 17.5. The molecule has 0 spiro atoms. The van der Waals surface area contributed by atoms with Gasteiger partial charge in [-0.3, -0.25) is 9.59 Å². The highest BCUT2D eigenvalue weighted by Gasteiger charge is 2.16. The minimum Gasteiger partial charge on any atom is -0.455 e. The fraction of sp³-hybridized carbons (Fsp3) is 0.235. The molecule has 2 aromatic heterocycles. The van der Waals surface area contributed by atoms with Crippen molar-refractivity contribution in [2.45, 2.75) is 20.3 Å². The molecule has 3 rings (SSSR count). The van der Waals surface area contributed by atoms with Crippen LogP contribution in [0.3, 0.4) is 0 Å². The zero-order valence-corrected chi connectivity index (χ0v) is 14.2. The summed E-state index contributed by atoms with van der Waals surface area (Å²) in [5.41, 5.74) is 2.33. The van der Waals surface area contributed by atoms with Crippen LogP contribution in [-0.2, 0) is 20.7 Å². The lowest BCUT2D eigenvalue weighted by atomic mass is 10.1. The van der Waals surface area contributed by atoms with Crippen LogP contribution in [0.2, 0.25) is 0 Å². The molecule has 9 heteroatoms. The quantitative estimate of drug-likeness (QED) is 0.697. The van der Waals surface area contributed by atoms with Crippen LogP contribution in [0.15, 0.2) is 30.6 Å². The van der Waals surface area contributed by atoms with E-state index in [0.29, 0.717) is 22.7 Å². The first-order valence-corrected chi connectivity index (χ1v) is 7.81. The van der Waals surface area contributed by atoms with E-state index in [1.165, 1.54) is 35.1 Å². The van der Waals surface area contributed by atoms with Gasteiger partial charge in [0.25, 0.3) is 11.7 Å². The van der Waals surface area contributed by atoms with Crippen LogP contribution in [-0.4, -0.2) is 38.1 Å². The monoisotopic (exact) mass is 357 g/mol. The van der Waals surface area contributed by atoms with Crippen molar-refractivity contribution in [2.24, 2.45) is 0 Å². The normalized spacial score (nSPS) is 10.7. The van der Waals surface area contributed by atoms with Crippen LogP contribution in [0.5, 0.6) is 0 Å². The maximum absolute atomic E-state index is 13.1. The summed E-state index contributed by atoms with van der Waals surface area (Å²) in [4.78, 5) is 32.2. The van der Waals surface area contributed by atoms with Gasteiger partial charge in [-0.25, -0.2) is 13.9 Å². The number of carbonyl (C=O) groups is 2. The van der Waals surface area contributed by atoms with E-state index in [4.69, 9.17) is 4.74 Å². The van der Waals surface area contributed by atoms with Gasteiger partial charge in [0, 0.05) is 22.6 Å². The van der Waals surface area contributed by atoms with Crippen LogP contribution >= 0.6 is 0 Å². The summed E-state index contributed by atoms with van der Waals surface area (Å²) in [6.07, 6.45) is 1.33. The van der Waals surface area contributed by atoms with Crippen LogP contribution < -0.4 is 5.32 Å². The number of nitrogens with one attached hydrogen (secondary N) is 1. The maximum atomic E-state index is 13.1. The lowest BCUT2D eigenvalue weighted by Crippen LogP contribution is -2.22. The summed E-state index contributed by atoms with van der Waals surface area (Å²) in [5, 5.41) is 6.51. The first-order valence-electron chi connectivity index (χ1n) is 7.81. The summed E-state index contributed by atoms with van der Waals surface area (Å²) >= 11 is 0. The van der Waals surface area contributed by atoms with Gasteiger partial charge in [-0.2, -0.15) is 10.1 Å². The van der Waals surface area contributed by atoms with Crippen molar-refractivity contribution in [1.29, 1.82) is 0 Å². The lowest BCUT2D eigenvalue weighted by molar-refractivity contribution is -0.146. The maximum Gasteiger partial charge on any atom is 0.310 e. The molecular weight excluding hydrogens is 341 g/mol. The van der Waals surface area contributed by atoms with Crippen molar-refractivity contribution in [3.63, 3.8) is 0 Å². The molecule has 0 saturated heterocycles. The number of amides is 1. The Bertz CT molecular complexity index is 986. The average Bonchev–Trinajstić information content (AvgIpc) is 3.05. The number of hydrogen-bond acceptors (Lipinski definition) is 6. The Morgan fingerprint density at radius 3 is 2.88 bits per heavy atom. The lowest BCUT2D eigenvalue weighted by Gasteiger charge is -2.10. The Hall–Kier alpha value is -3.36. The summed E-state index contributed by atoms with van der Waals surface area (Å²) in [6.45, 7) is 3.10. The van der Waals surface area contributed by atoms with Gasteiger partial charge < -0.3 is 10.1 Å². The molecule has 0 unspecified atom stereocenters. The van der Waals surface area contributed by atoms with Gasteiger partial charge in [-0.15, -0.1) is 0 Å². The molecule has 0 aliphatic heterocycles. The van der Waals surface area contributed by atoms with E-state index in [1.807, 2.05) is 0 Å². The molecule has 0 aliphatic carbocycles. The third-order valence-corrected chi connectivity index (χ3v) is 3.78. The number of anilines is 1. The molecule has 1 N–H and O–H groups in total. The first-order chi connectivity index (χ1) is 12.4. The zero-order valence-electron chi connectivity index (χ0n) is 14.2. The van der Waals surface area contributed by atoms with Crippen molar-refractivity contribution < 1.29 is 18.7 Å². The Labute approximate surface area is 148 Å². The van der Waals surface area contributed by atoms with E-state index >= 15 is 0 Å². The van der Waals surface area contributed by atoms with Gasteiger partial charge in [-0.1, -0.05) is 6.07 Å². The Morgan fingerprint density at radius 2 is 2.12 bits per heavy atom. The largest absolute Gasteiger partial charge is 0.455 e. The molecule has 1 aromatic carbocycles. The standard InChI is InChI=1S/C17H16FN5O3/c1-10-14(11(2)23-17(21-10)19-9-20-23)7-16(25)26-8-15(24)22-13-5-3-4-12(18)6-13/h3-6,9H,7-8H2,1-2H3,(H,22,24). The molecule has 0 fully saturated rings. The van der Waals surface area contributed by atoms with E-state index in [2.05, 4.69) is 20.4 Å². The van der Waals surface area contributed by atoms with Gasteiger partial charge in [0.15, 0.2) is 6.61 Å². The summed E-state index contributed by atoms with van der Waals surface area (Å²) in [7, 11) is 0. The van der Waals surface area contributed by atoms with Crippen molar-refractivity contribution in [1.82, 2.24) is 19.6 Å². The van der Waals surface area contributed by atoms with E-state index in [0.717, 1.165) is 5.69 Å². The smallest absolute Gasteiger partial charge is 0.310 e. The molecule has 2 heterocycles. The number of halogens is 1. The number of nitrogens with zero attached hydrogens (tertiary/aromatic N) is 4. The molecule has 0 saturated carbocycles. The highest BCUT2D eigenvalue weighted by Crippen LogP contribution is 2.14. The molecule has 0 aliphatic rings. The summed E-state index contributed by atoms with van der Waals surface area (Å²) in [6, 6.07) is 5.44. The minimum atomic E-state index is -0.577. The number of esters is 1. The highest BCUT2D eigenvalue weighted by molar-refractivity contribution is 5.92. The zero-order chi connectivity index (χ0) is 18.7. The van der Waals surface area contributed by atoms with Crippen LogP contribution in [0.1, 0.15) is 17.0 Å². The van der Waals surface area contributed by atoms with Crippen LogP contribution in [0.25, 0.3) is 5.78 Å². The second-order valence-corrected chi connectivity index (χ2v) is 5.63. The van der Waals surface area contributed by atoms with E-state index in [-0.39, 0.29) is 6.42 Å². The molecule has 134 valence electrons. The van der Waals surface area contributed by atoms with Gasteiger partial charge in [-0.05, 0) is 32.0 Å². The predicted molar refractivity (Wildman–Crippen MR) is 89.9 cm³/mol. The number of aryl methyl sites for hydroxylation is 2. The number of fused-ring (bicyclic) bond motifs is 1. The Morgan fingerprint density at radius 1 is 1.31 bits per heavy atom. The van der Waals surface area contributed by atoms with Crippen molar-refractivity contribution in [2.75, 3.05) is 11.9 Å². The molecule has 0 radical (unpaired) electrons. The van der Waals surface area contributed by atoms with E-state index < -0.39 is 24.3 Å². The van der Waals surface area contributed by atoms with Gasteiger partial charge in [0.1, 0.15) is 12.1 Å². The average molecular weight is 357 g/mol. The Kier molecular flexibility index (Phi) is 4.87. The van der Waals surface area contributed by atoms with Crippen molar-refractivity contribution in [3.8, 4) is 0 Å². The van der Waals surface area contributed by atoms with E-state index in [9.17, 15) is 14.0 Å². The number of rotatable bonds is 5. The van der Waals surface area contributed by atoms with Gasteiger partial charge in [0.05, 0.1) is 6.42 Å². The number of aromatic nitrogens is 4. The van der Waals surface area contributed by atoms with Crippen LogP contribution in [0, 0.1) is 19.7 Å². The molecule has 0 atom stereocenters. The predicted octanol–water partition coefficient (Wildman–Crippen LogP) is 1.60. The van der Waals surface area contributed by atoms with Gasteiger partial charge >= 0.3 is 5.97 Å². The molecule has 8 nitrogen and oxygen atoms in total. The fourth-order valence-electron chi connectivity index (χ4n) is 2.52. The number of hydrogen-bond donors (Lipinski definition) is 1. The third kappa shape index (κ3) is 3.82. The summed E-state index contributed by atoms with van der Waals surface area (Å²) in [5.74, 6) is -1.15. The van der Waals surface area contributed by atoms with Gasteiger partial charge in [0.2, 0.25) is 0 Å². The highest BCUT2D eigenvalue weighted by atomic mass is 19.1. The minimum absolute atomic E-state index is 0.0479. The number of carbonyl (C=O) groups excluding carboxylic acids is 2. The second-order valence-electron chi connectivity index (χ2n) is 5.63. The Balaban J connectivity index is 1.60. The number of ether oxygens (including phenoxy) is 1. The van der Waals surface area contributed by atoms with Crippen molar-refractivity contribution >= 4 is 23.3 Å². The van der Waals surface area contributed by atoms with E-state index in [1.54, 1.807) is 13.8 Å². The van der Waals surface area contributed by atoms with Crippen molar-refractivity contribution in [3.05, 3.63) is 53.4 Å². The molecule has 26 heavy (non-hydrogen) atoms.